The van der Waals surface area contributed by atoms with Crippen LogP contribution in [0.15, 0.2) is 48.8 Å². The van der Waals surface area contributed by atoms with E-state index in [1.54, 1.807) is 47.6 Å². The summed E-state index contributed by atoms with van der Waals surface area (Å²) in [5.74, 6) is 0.761. The summed E-state index contributed by atoms with van der Waals surface area (Å²) >= 11 is 5.94. The fourth-order valence-electron chi connectivity index (χ4n) is 4.31. The van der Waals surface area contributed by atoms with Crippen molar-refractivity contribution in [2.75, 3.05) is 0 Å². The summed E-state index contributed by atoms with van der Waals surface area (Å²) in [5, 5.41) is 0.638. The largest absolute Gasteiger partial charge is 0.439 e. The highest BCUT2D eigenvalue weighted by Gasteiger charge is 2.35. The van der Waals surface area contributed by atoms with Crippen LogP contribution in [0, 0.1) is 12.8 Å². The molecule has 1 aromatic carbocycles. The van der Waals surface area contributed by atoms with Crippen molar-refractivity contribution in [3.05, 3.63) is 81.8 Å². The van der Waals surface area contributed by atoms with Crippen molar-refractivity contribution in [1.82, 2.24) is 14.9 Å². The van der Waals surface area contributed by atoms with Crippen LogP contribution in [0.5, 0.6) is 11.6 Å². The fourth-order valence-corrected chi connectivity index (χ4v) is 4.43. The van der Waals surface area contributed by atoms with Gasteiger partial charge in [-0.15, -0.1) is 0 Å². The van der Waals surface area contributed by atoms with Crippen LogP contribution in [0.1, 0.15) is 72.4 Å². The van der Waals surface area contributed by atoms with Crippen molar-refractivity contribution >= 4 is 23.3 Å². The number of rotatable bonds is 7. The predicted molar refractivity (Wildman–Crippen MR) is 131 cm³/mol. The molecule has 4 rings (SSSR count). The molecule has 6 nitrogen and oxygen atoms in total. The minimum atomic E-state index is -0.355. The van der Waals surface area contributed by atoms with E-state index >= 15 is 0 Å². The molecule has 0 saturated heterocycles. The average Bonchev–Trinajstić information content (AvgIpc) is 3.16. The standard InChI is InChI=1S/C27H28ClN3O3/c1-15(2)25(32)17(4)24-23-14-31(27(33)22(23)10-11-29-24)18(5)19-12-16(3)26(30-13-19)34-21-8-6-20(28)7-9-21/h6-13,15,17-18H,14H2,1-5H3. The molecule has 0 fully saturated rings. The zero-order chi connectivity index (χ0) is 24.6. The van der Waals surface area contributed by atoms with Gasteiger partial charge in [-0.05, 0) is 62.7 Å². The lowest BCUT2D eigenvalue weighted by molar-refractivity contribution is -0.123. The molecule has 0 N–H and O–H groups in total. The quantitative estimate of drug-likeness (QED) is 0.400. The highest BCUT2D eigenvalue weighted by atomic mass is 35.5. The first-order chi connectivity index (χ1) is 16.2. The van der Waals surface area contributed by atoms with E-state index in [0.717, 1.165) is 16.7 Å². The smallest absolute Gasteiger partial charge is 0.255 e. The van der Waals surface area contributed by atoms with E-state index in [1.165, 1.54) is 0 Å². The highest BCUT2D eigenvalue weighted by molar-refractivity contribution is 6.30. The van der Waals surface area contributed by atoms with E-state index in [0.29, 0.717) is 34.5 Å². The number of ketones is 1. The molecule has 7 heteroatoms. The van der Waals surface area contributed by atoms with Gasteiger partial charge < -0.3 is 9.64 Å². The Morgan fingerprint density at radius 3 is 2.44 bits per heavy atom. The molecule has 2 atom stereocenters. The van der Waals surface area contributed by atoms with Crippen LogP contribution in [-0.2, 0) is 11.3 Å². The molecule has 0 bridgehead atoms. The number of pyridine rings is 2. The van der Waals surface area contributed by atoms with Crippen LogP contribution >= 0.6 is 11.6 Å². The maximum atomic E-state index is 13.3. The number of fused-ring (bicyclic) bond motifs is 1. The molecule has 0 aliphatic carbocycles. The monoisotopic (exact) mass is 477 g/mol. The second kappa shape index (κ2) is 9.55. The molecular formula is C27H28ClN3O3. The molecule has 0 radical (unpaired) electrons. The van der Waals surface area contributed by atoms with Crippen molar-refractivity contribution in [2.24, 2.45) is 5.92 Å². The zero-order valence-corrected chi connectivity index (χ0v) is 20.8. The van der Waals surface area contributed by atoms with Crippen molar-refractivity contribution in [1.29, 1.82) is 0 Å². The van der Waals surface area contributed by atoms with E-state index < -0.39 is 0 Å². The number of ether oxygens (including phenoxy) is 1. The first kappa shape index (κ1) is 23.9. The van der Waals surface area contributed by atoms with Gasteiger partial charge in [0.05, 0.1) is 17.7 Å². The molecule has 0 saturated carbocycles. The number of nitrogens with zero attached hydrogens (tertiary/aromatic N) is 3. The molecule has 1 aliphatic heterocycles. The molecule has 3 aromatic rings. The lowest BCUT2D eigenvalue weighted by atomic mass is 9.90. The van der Waals surface area contributed by atoms with Crippen molar-refractivity contribution in [3.63, 3.8) is 0 Å². The van der Waals surface area contributed by atoms with Gasteiger partial charge in [0.2, 0.25) is 5.88 Å². The van der Waals surface area contributed by atoms with E-state index in [9.17, 15) is 9.59 Å². The molecule has 1 aliphatic rings. The third-order valence-corrected chi connectivity index (χ3v) is 6.60. The second-order valence-corrected chi connectivity index (χ2v) is 9.49. The SMILES string of the molecule is Cc1cc(C(C)N2Cc3c(ccnc3C(C)C(=O)C(C)C)C2=O)cnc1Oc1ccc(Cl)cc1. The van der Waals surface area contributed by atoms with Crippen molar-refractivity contribution < 1.29 is 14.3 Å². The number of benzene rings is 1. The Labute approximate surface area is 204 Å². The first-order valence-electron chi connectivity index (χ1n) is 11.4. The average molecular weight is 478 g/mol. The Bertz CT molecular complexity index is 1240. The molecule has 0 spiro atoms. The molecular weight excluding hydrogens is 450 g/mol. The zero-order valence-electron chi connectivity index (χ0n) is 20.0. The molecule has 1 amide bonds. The van der Waals surface area contributed by atoms with Gasteiger partial charge in [-0.2, -0.15) is 0 Å². The summed E-state index contributed by atoms with van der Waals surface area (Å²) in [6.07, 6.45) is 3.36. The van der Waals surface area contributed by atoms with Crippen LogP contribution < -0.4 is 4.74 Å². The highest BCUT2D eigenvalue weighted by Crippen LogP contribution is 2.36. The number of carbonyl (C=O) groups excluding carboxylic acids is 2. The van der Waals surface area contributed by atoms with E-state index in [2.05, 4.69) is 9.97 Å². The predicted octanol–water partition coefficient (Wildman–Crippen LogP) is 6.28. The number of hydrogen-bond donors (Lipinski definition) is 0. The summed E-state index contributed by atoms with van der Waals surface area (Å²) in [6.45, 7) is 9.96. The van der Waals surface area contributed by atoms with Crippen LogP contribution in [-0.4, -0.2) is 26.6 Å². The van der Waals surface area contributed by atoms with Gasteiger partial charge in [-0.1, -0.05) is 25.4 Å². The summed E-state index contributed by atoms with van der Waals surface area (Å²) in [5.41, 5.74) is 3.92. The first-order valence-corrected chi connectivity index (χ1v) is 11.8. The molecule has 2 aromatic heterocycles. The number of carbonyl (C=O) groups is 2. The van der Waals surface area contributed by atoms with E-state index in [1.807, 2.05) is 40.7 Å². The number of aromatic nitrogens is 2. The number of amides is 1. The molecule has 176 valence electrons. The van der Waals surface area contributed by atoms with E-state index in [4.69, 9.17) is 16.3 Å². The van der Waals surface area contributed by atoms with E-state index in [-0.39, 0.29) is 29.6 Å². The second-order valence-electron chi connectivity index (χ2n) is 9.06. The fraction of sp³-hybridized carbons (Fsp3) is 0.333. The lowest BCUT2D eigenvalue weighted by Crippen LogP contribution is -2.27. The normalized spacial score (nSPS) is 14.8. The maximum absolute atomic E-state index is 13.3. The summed E-state index contributed by atoms with van der Waals surface area (Å²) in [4.78, 5) is 36.7. The number of Topliss-reactive ketones (excluding diaryl/α,β-unsaturated/α-hetero) is 1. The van der Waals surface area contributed by atoms with Gasteiger partial charge in [-0.25, -0.2) is 4.98 Å². The molecule has 34 heavy (non-hydrogen) atoms. The maximum Gasteiger partial charge on any atom is 0.255 e. The molecule has 2 unspecified atom stereocenters. The van der Waals surface area contributed by atoms with Gasteiger partial charge in [0, 0.05) is 46.6 Å². The minimum absolute atomic E-state index is 0.0607. The van der Waals surface area contributed by atoms with Crippen LogP contribution in [0.3, 0.4) is 0 Å². The number of halogens is 1. The Morgan fingerprint density at radius 1 is 1.09 bits per heavy atom. The lowest BCUT2D eigenvalue weighted by Gasteiger charge is -2.25. The van der Waals surface area contributed by atoms with Gasteiger partial charge >= 0.3 is 0 Å². The molecule has 3 heterocycles. The van der Waals surface area contributed by atoms with Crippen LogP contribution in [0.4, 0.5) is 0 Å². The Morgan fingerprint density at radius 2 is 1.79 bits per heavy atom. The number of hydrogen-bond acceptors (Lipinski definition) is 5. The van der Waals surface area contributed by atoms with Crippen molar-refractivity contribution in [2.45, 2.75) is 53.1 Å². The van der Waals surface area contributed by atoms with Gasteiger partial charge in [-0.3, -0.25) is 14.6 Å². The Balaban J connectivity index is 1.56. The van der Waals surface area contributed by atoms with Crippen LogP contribution in [0.25, 0.3) is 0 Å². The van der Waals surface area contributed by atoms with Crippen molar-refractivity contribution in [3.8, 4) is 11.6 Å². The summed E-state index contributed by atoms with van der Waals surface area (Å²) < 4.78 is 5.89. The topological polar surface area (TPSA) is 72.4 Å². The van der Waals surface area contributed by atoms with Gasteiger partial charge in [0.25, 0.3) is 5.91 Å². The summed E-state index contributed by atoms with van der Waals surface area (Å²) in [7, 11) is 0. The third-order valence-electron chi connectivity index (χ3n) is 6.34. The van der Waals surface area contributed by atoms with Crippen LogP contribution in [0.2, 0.25) is 5.02 Å². The van der Waals surface area contributed by atoms with Gasteiger partial charge in [0.1, 0.15) is 11.5 Å². The Hall–Kier alpha value is -3.25. The summed E-state index contributed by atoms with van der Waals surface area (Å²) in [6, 6.07) is 10.6. The van der Waals surface area contributed by atoms with Gasteiger partial charge in [0.15, 0.2) is 0 Å². The minimum Gasteiger partial charge on any atom is -0.439 e. The third kappa shape index (κ3) is 4.55. The number of aryl methyl sites for hydroxylation is 1. The Kier molecular flexibility index (Phi) is 6.71.